The lowest BCUT2D eigenvalue weighted by Gasteiger charge is -2.35. The molecule has 0 aliphatic carbocycles. The number of methoxy groups -OCH3 is 2. The van der Waals surface area contributed by atoms with Crippen LogP contribution in [0.1, 0.15) is 32.5 Å². The molecule has 1 aliphatic rings. The lowest BCUT2D eigenvalue weighted by molar-refractivity contribution is 0.0531. The van der Waals surface area contributed by atoms with Crippen LogP contribution in [0, 0.1) is 6.92 Å². The molecule has 0 saturated carbocycles. The first-order valence-electron chi connectivity index (χ1n) is 10.7. The van der Waals surface area contributed by atoms with Gasteiger partial charge in [0, 0.05) is 31.7 Å². The van der Waals surface area contributed by atoms with E-state index in [1.807, 2.05) is 11.8 Å². The fraction of sp³-hybridized carbons (Fsp3) is 0.391. The molecule has 4 rings (SSSR count). The smallest absolute Gasteiger partial charge is 0.348 e. The summed E-state index contributed by atoms with van der Waals surface area (Å²) >= 11 is 1.32. The van der Waals surface area contributed by atoms with Crippen molar-refractivity contribution >= 4 is 39.2 Å². The van der Waals surface area contributed by atoms with E-state index in [1.165, 1.54) is 17.7 Å². The molecule has 0 spiro atoms. The van der Waals surface area contributed by atoms with Crippen LogP contribution in [-0.4, -0.2) is 73.7 Å². The van der Waals surface area contributed by atoms with E-state index in [1.54, 1.807) is 39.3 Å². The van der Waals surface area contributed by atoms with Crippen molar-refractivity contribution in [1.82, 2.24) is 14.9 Å². The number of piperazine rings is 1. The van der Waals surface area contributed by atoms with Crippen molar-refractivity contribution in [2.75, 3.05) is 51.9 Å². The van der Waals surface area contributed by atoms with Gasteiger partial charge in [0.2, 0.25) is 0 Å². The van der Waals surface area contributed by atoms with E-state index in [0.29, 0.717) is 54.7 Å². The molecule has 0 N–H and O–H groups in total. The summed E-state index contributed by atoms with van der Waals surface area (Å²) < 4.78 is 15.8. The molecule has 1 aromatic carbocycles. The van der Waals surface area contributed by atoms with Crippen LogP contribution >= 0.6 is 11.3 Å². The van der Waals surface area contributed by atoms with Crippen LogP contribution in [0.5, 0.6) is 11.5 Å². The molecule has 10 heteroatoms. The molecule has 3 heterocycles. The maximum Gasteiger partial charge on any atom is 0.348 e. The molecular formula is C23H26N4O5S. The van der Waals surface area contributed by atoms with Crippen molar-refractivity contribution in [1.29, 1.82) is 0 Å². The van der Waals surface area contributed by atoms with Crippen LogP contribution in [0.2, 0.25) is 0 Å². The van der Waals surface area contributed by atoms with Crippen LogP contribution in [0.3, 0.4) is 0 Å². The number of amides is 1. The van der Waals surface area contributed by atoms with Gasteiger partial charge in [-0.25, -0.2) is 14.8 Å². The second-order valence-corrected chi connectivity index (χ2v) is 8.50. The number of nitrogens with zero attached hydrogens (tertiary/aromatic N) is 4. The summed E-state index contributed by atoms with van der Waals surface area (Å²) in [6, 6.07) is 5.18. The molecule has 1 fully saturated rings. The normalized spacial score (nSPS) is 13.8. The Morgan fingerprint density at radius 1 is 1.06 bits per heavy atom. The minimum absolute atomic E-state index is 0.0558. The number of fused-ring (bicyclic) bond motifs is 1. The predicted molar refractivity (Wildman–Crippen MR) is 126 cm³/mol. The molecule has 0 radical (unpaired) electrons. The van der Waals surface area contributed by atoms with E-state index in [0.717, 1.165) is 21.6 Å². The fourth-order valence-corrected chi connectivity index (χ4v) is 4.99. The van der Waals surface area contributed by atoms with Crippen molar-refractivity contribution in [3.63, 3.8) is 0 Å². The highest BCUT2D eigenvalue weighted by Gasteiger charge is 2.27. The summed E-state index contributed by atoms with van der Waals surface area (Å²) in [5.41, 5.74) is 1.38. The number of carbonyl (C=O) groups is 2. The van der Waals surface area contributed by atoms with Gasteiger partial charge in [0.15, 0.2) is 11.5 Å². The van der Waals surface area contributed by atoms with E-state index in [2.05, 4.69) is 14.9 Å². The monoisotopic (exact) mass is 470 g/mol. The first-order valence-corrected chi connectivity index (χ1v) is 11.5. The Morgan fingerprint density at radius 2 is 1.79 bits per heavy atom. The number of benzene rings is 1. The molecule has 1 amide bonds. The molecule has 1 aliphatic heterocycles. The van der Waals surface area contributed by atoms with Gasteiger partial charge in [-0.15, -0.1) is 11.3 Å². The number of hydrogen-bond acceptors (Lipinski definition) is 9. The number of carbonyl (C=O) groups excluding carboxylic acids is 2. The van der Waals surface area contributed by atoms with Gasteiger partial charge in [-0.2, -0.15) is 0 Å². The molecule has 174 valence electrons. The van der Waals surface area contributed by atoms with Gasteiger partial charge in [0.1, 0.15) is 21.9 Å². The second kappa shape index (κ2) is 9.62. The summed E-state index contributed by atoms with van der Waals surface area (Å²) in [6.07, 6.45) is 1.52. The predicted octanol–water partition coefficient (Wildman–Crippen LogP) is 3.16. The Labute approximate surface area is 195 Å². The van der Waals surface area contributed by atoms with Crippen LogP contribution in [0.25, 0.3) is 10.2 Å². The molecule has 33 heavy (non-hydrogen) atoms. The largest absolute Gasteiger partial charge is 0.493 e. The van der Waals surface area contributed by atoms with Gasteiger partial charge in [-0.3, -0.25) is 4.79 Å². The quantitative estimate of drug-likeness (QED) is 0.507. The van der Waals surface area contributed by atoms with Crippen molar-refractivity contribution < 1.29 is 23.8 Å². The van der Waals surface area contributed by atoms with E-state index in [9.17, 15) is 9.59 Å². The third-order valence-electron chi connectivity index (χ3n) is 5.66. The van der Waals surface area contributed by atoms with E-state index in [4.69, 9.17) is 14.2 Å². The number of aromatic nitrogens is 2. The van der Waals surface area contributed by atoms with Gasteiger partial charge >= 0.3 is 5.97 Å². The molecule has 9 nitrogen and oxygen atoms in total. The molecule has 0 atom stereocenters. The van der Waals surface area contributed by atoms with Crippen molar-refractivity contribution in [2.24, 2.45) is 0 Å². The molecule has 0 bridgehead atoms. The van der Waals surface area contributed by atoms with Crippen molar-refractivity contribution in [3.05, 3.63) is 40.5 Å². The van der Waals surface area contributed by atoms with Gasteiger partial charge in [-0.05, 0) is 37.6 Å². The number of hydrogen-bond donors (Lipinski definition) is 0. The van der Waals surface area contributed by atoms with Gasteiger partial charge in [-0.1, -0.05) is 0 Å². The van der Waals surface area contributed by atoms with E-state index >= 15 is 0 Å². The summed E-state index contributed by atoms with van der Waals surface area (Å²) in [5, 5.41) is 0.866. The average Bonchev–Trinajstić information content (AvgIpc) is 3.20. The number of rotatable bonds is 6. The lowest BCUT2D eigenvalue weighted by atomic mass is 10.1. The number of anilines is 1. The zero-order valence-electron chi connectivity index (χ0n) is 19.1. The number of ether oxygens (including phenoxy) is 3. The van der Waals surface area contributed by atoms with Crippen LogP contribution in [0.15, 0.2) is 24.5 Å². The number of aryl methyl sites for hydroxylation is 1. The molecule has 2 aromatic heterocycles. The first kappa shape index (κ1) is 22.8. The topological polar surface area (TPSA) is 94.1 Å². The van der Waals surface area contributed by atoms with E-state index < -0.39 is 0 Å². The highest BCUT2D eigenvalue weighted by molar-refractivity contribution is 7.20. The third kappa shape index (κ3) is 4.30. The number of esters is 1. The average molecular weight is 471 g/mol. The van der Waals surface area contributed by atoms with Gasteiger partial charge in [0.25, 0.3) is 5.91 Å². The van der Waals surface area contributed by atoms with Gasteiger partial charge in [0.05, 0.1) is 26.2 Å². The van der Waals surface area contributed by atoms with E-state index in [-0.39, 0.29) is 11.9 Å². The van der Waals surface area contributed by atoms with Crippen LogP contribution < -0.4 is 14.4 Å². The fourth-order valence-electron chi connectivity index (χ4n) is 3.96. The molecular weight excluding hydrogens is 444 g/mol. The minimum Gasteiger partial charge on any atom is -0.493 e. The molecule has 3 aromatic rings. The molecule has 1 saturated heterocycles. The highest BCUT2D eigenvalue weighted by Crippen LogP contribution is 2.35. The maximum absolute atomic E-state index is 13.1. The molecule has 0 unspecified atom stereocenters. The second-order valence-electron chi connectivity index (χ2n) is 7.50. The van der Waals surface area contributed by atoms with Crippen LogP contribution in [0.4, 0.5) is 5.82 Å². The third-order valence-corrected chi connectivity index (χ3v) is 6.84. The Balaban J connectivity index is 1.52. The minimum atomic E-state index is -0.339. The van der Waals surface area contributed by atoms with Crippen LogP contribution in [-0.2, 0) is 4.74 Å². The Bertz CT molecular complexity index is 1190. The maximum atomic E-state index is 13.1. The SMILES string of the molecule is CCOC(=O)c1sc2ncnc(N3CCN(C(=O)c4ccc(OC)c(OC)c4)CC3)c2c1C. The lowest BCUT2D eigenvalue weighted by Crippen LogP contribution is -2.49. The van der Waals surface area contributed by atoms with Crippen molar-refractivity contribution in [3.8, 4) is 11.5 Å². The Morgan fingerprint density at radius 3 is 2.45 bits per heavy atom. The standard InChI is InChI=1S/C23H26N4O5S/c1-5-32-23(29)19-14(2)18-20(24-13-25-21(18)33-19)26-8-10-27(11-9-26)22(28)15-6-7-16(30-3)17(12-15)31-4/h6-7,12-13H,5,8-11H2,1-4H3. The Hall–Kier alpha value is -3.40. The summed E-state index contributed by atoms with van der Waals surface area (Å²) in [4.78, 5) is 39.5. The summed E-state index contributed by atoms with van der Waals surface area (Å²) in [7, 11) is 3.11. The highest BCUT2D eigenvalue weighted by atomic mass is 32.1. The summed E-state index contributed by atoms with van der Waals surface area (Å²) in [6.45, 7) is 6.34. The van der Waals surface area contributed by atoms with Crippen molar-refractivity contribution in [2.45, 2.75) is 13.8 Å². The zero-order chi connectivity index (χ0) is 23.5. The summed E-state index contributed by atoms with van der Waals surface area (Å²) in [5.74, 6) is 1.49. The van der Waals surface area contributed by atoms with Gasteiger partial charge < -0.3 is 24.0 Å². The first-order chi connectivity index (χ1) is 16.0. The zero-order valence-corrected chi connectivity index (χ0v) is 19.9. The number of thiophene rings is 1. The Kier molecular flexibility index (Phi) is 6.64.